The summed E-state index contributed by atoms with van der Waals surface area (Å²) in [6.07, 6.45) is 3.95. The van der Waals surface area contributed by atoms with Gasteiger partial charge in [-0.25, -0.2) is 9.97 Å². The number of hydrogen-bond donors (Lipinski definition) is 0. The van der Waals surface area contributed by atoms with Gasteiger partial charge in [0.15, 0.2) is 0 Å². The number of rotatable bonds is 4. The third-order valence-corrected chi connectivity index (χ3v) is 5.29. The zero-order chi connectivity index (χ0) is 16.5. The monoisotopic (exact) mass is 340 g/mol. The zero-order valence-electron chi connectivity index (χ0n) is 13.8. The van der Waals surface area contributed by atoms with Crippen LogP contribution in [0.5, 0.6) is 5.75 Å². The summed E-state index contributed by atoms with van der Waals surface area (Å²) in [4.78, 5) is 11.6. The van der Waals surface area contributed by atoms with Crippen LogP contribution in [-0.4, -0.2) is 26.5 Å². The summed E-state index contributed by atoms with van der Waals surface area (Å²) in [6, 6.07) is 8.63. The van der Waals surface area contributed by atoms with E-state index in [1.807, 2.05) is 12.3 Å². The third kappa shape index (κ3) is 2.95. The molecule has 1 unspecified atom stereocenters. The van der Waals surface area contributed by atoms with E-state index < -0.39 is 0 Å². The van der Waals surface area contributed by atoms with Crippen molar-refractivity contribution in [3.63, 3.8) is 0 Å². The fraction of sp³-hybridized carbons (Fsp3) is 0.333. The van der Waals surface area contributed by atoms with Crippen LogP contribution in [0.15, 0.2) is 42.0 Å². The minimum absolute atomic E-state index is 0.281. The van der Waals surface area contributed by atoms with Crippen molar-refractivity contribution in [1.82, 2.24) is 19.4 Å². The number of aromatic nitrogens is 3. The molecule has 0 fully saturated rings. The number of fused-ring (bicyclic) bond motifs is 1. The van der Waals surface area contributed by atoms with Gasteiger partial charge in [-0.05, 0) is 24.6 Å². The predicted molar refractivity (Wildman–Crippen MR) is 94.1 cm³/mol. The van der Waals surface area contributed by atoms with Crippen LogP contribution in [0.25, 0.3) is 0 Å². The smallest absolute Gasteiger partial charge is 0.122 e. The molecule has 0 bridgehead atoms. The molecule has 3 heterocycles. The topological polar surface area (TPSA) is 43.2 Å². The summed E-state index contributed by atoms with van der Waals surface area (Å²) in [6.45, 7) is 4.60. The van der Waals surface area contributed by atoms with Crippen LogP contribution in [0.3, 0.4) is 0 Å². The Morgan fingerprint density at radius 1 is 1.38 bits per heavy atom. The van der Waals surface area contributed by atoms with E-state index in [9.17, 15) is 0 Å². The number of nitrogens with zero attached hydrogens (tertiary/aromatic N) is 4. The molecule has 0 saturated carbocycles. The third-order valence-electron chi connectivity index (χ3n) is 4.47. The van der Waals surface area contributed by atoms with Gasteiger partial charge in [0.2, 0.25) is 0 Å². The van der Waals surface area contributed by atoms with Crippen molar-refractivity contribution in [3.05, 3.63) is 64.1 Å². The van der Waals surface area contributed by atoms with Crippen LogP contribution in [0.2, 0.25) is 0 Å². The highest BCUT2D eigenvalue weighted by Gasteiger charge is 2.28. The SMILES string of the molecule is COc1cccc(C2Cn3ccnc3CN2Cc2csc(C)n2)c1. The van der Waals surface area contributed by atoms with Crippen LogP contribution in [0.1, 0.15) is 28.1 Å². The van der Waals surface area contributed by atoms with Gasteiger partial charge in [0.25, 0.3) is 0 Å². The molecule has 2 aromatic heterocycles. The van der Waals surface area contributed by atoms with E-state index in [2.05, 4.69) is 56.1 Å². The summed E-state index contributed by atoms with van der Waals surface area (Å²) in [7, 11) is 1.71. The van der Waals surface area contributed by atoms with Crippen LogP contribution in [0, 0.1) is 6.92 Å². The lowest BCUT2D eigenvalue weighted by Crippen LogP contribution is -2.36. The van der Waals surface area contributed by atoms with Gasteiger partial charge in [-0.3, -0.25) is 4.90 Å². The van der Waals surface area contributed by atoms with Crippen LogP contribution in [0.4, 0.5) is 0 Å². The normalized spacial score (nSPS) is 17.7. The van der Waals surface area contributed by atoms with Crippen molar-refractivity contribution < 1.29 is 4.74 Å². The second kappa shape index (κ2) is 6.37. The molecule has 5 nitrogen and oxygen atoms in total. The number of aryl methyl sites for hydroxylation is 1. The first-order chi connectivity index (χ1) is 11.7. The van der Waals surface area contributed by atoms with Crippen molar-refractivity contribution in [1.29, 1.82) is 0 Å². The average Bonchev–Trinajstić information content (AvgIpc) is 3.22. The Morgan fingerprint density at radius 3 is 3.08 bits per heavy atom. The number of hydrogen-bond acceptors (Lipinski definition) is 5. The highest BCUT2D eigenvalue weighted by Crippen LogP contribution is 2.32. The summed E-state index contributed by atoms with van der Waals surface area (Å²) < 4.78 is 7.65. The van der Waals surface area contributed by atoms with E-state index in [1.54, 1.807) is 18.4 Å². The van der Waals surface area contributed by atoms with Crippen LogP contribution in [-0.2, 0) is 19.6 Å². The van der Waals surface area contributed by atoms with E-state index in [0.717, 1.165) is 41.9 Å². The van der Waals surface area contributed by atoms with Gasteiger partial charge < -0.3 is 9.30 Å². The van der Waals surface area contributed by atoms with E-state index in [-0.39, 0.29) is 6.04 Å². The van der Waals surface area contributed by atoms with Crippen molar-refractivity contribution in [2.75, 3.05) is 7.11 Å². The first-order valence-corrected chi connectivity index (χ1v) is 8.90. The first kappa shape index (κ1) is 15.4. The van der Waals surface area contributed by atoms with Crippen molar-refractivity contribution in [2.24, 2.45) is 0 Å². The van der Waals surface area contributed by atoms with Crippen molar-refractivity contribution >= 4 is 11.3 Å². The minimum Gasteiger partial charge on any atom is -0.497 e. The molecule has 0 spiro atoms. The van der Waals surface area contributed by atoms with E-state index in [0.29, 0.717) is 0 Å². The minimum atomic E-state index is 0.281. The molecule has 24 heavy (non-hydrogen) atoms. The van der Waals surface area contributed by atoms with Crippen molar-refractivity contribution in [3.8, 4) is 5.75 Å². The zero-order valence-corrected chi connectivity index (χ0v) is 14.7. The highest BCUT2D eigenvalue weighted by atomic mass is 32.1. The fourth-order valence-electron chi connectivity index (χ4n) is 3.27. The number of benzene rings is 1. The second-order valence-corrected chi connectivity index (χ2v) is 7.11. The quantitative estimate of drug-likeness (QED) is 0.730. The van der Waals surface area contributed by atoms with Gasteiger partial charge in [0.05, 0.1) is 30.4 Å². The first-order valence-electron chi connectivity index (χ1n) is 8.02. The Bertz CT molecular complexity index is 841. The fourth-order valence-corrected chi connectivity index (χ4v) is 3.88. The Morgan fingerprint density at radius 2 is 2.29 bits per heavy atom. The van der Waals surface area contributed by atoms with Gasteiger partial charge in [0.1, 0.15) is 11.6 Å². The largest absolute Gasteiger partial charge is 0.497 e. The molecule has 4 rings (SSSR count). The molecule has 0 saturated heterocycles. The van der Waals surface area contributed by atoms with Gasteiger partial charge in [-0.1, -0.05) is 12.1 Å². The second-order valence-electron chi connectivity index (χ2n) is 6.05. The lowest BCUT2D eigenvalue weighted by Gasteiger charge is -2.36. The molecule has 3 aromatic rings. The van der Waals surface area contributed by atoms with Crippen molar-refractivity contribution in [2.45, 2.75) is 32.6 Å². The van der Waals surface area contributed by atoms with Gasteiger partial charge in [0, 0.05) is 30.9 Å². The molecule has 1 aliphatic rings. The maximum atomic E-state index is 5.41. The van der Waals surface area contributed by atoms with Gasteiger partial charge >= 0.3 is 0 Å². The molecular formula is C18H20N4OS. The molecule has 0 aliphatic carbocycles. The molecule has 1 aliphatic heterocycles. The lowest BCUT2D eigenvalue weighted by atomic mass is 10.0. The van der Waals surface area contributed by atoms with Crippen LogP contribution < -0.4 is 4.74 Å². The maximum absolute atomic E-state index is 5.41. The van der Waals surface area contributed by atoms with Gasteiger partial charge in [-0.15, -0.1) is 11.3 Å². The van der Waals surface area contributed by atoms with E-state index in [1.165, 1.54) is 5.56 Å². The average molecular weight is 340 g/mol. The predicted octanol–water partition coefficient (Wildman–Crippen LogP) is 3.41. The Labute approximate surface area is 145 Å². The molecule has 0 amide bonds. The molecule has 1 atom stereocenters. The number of imidazole rings is 1. The maximum Gasteiger partial charge on any atom is 0.122 e. The number of thiazole rings is 1. The number of methoxy groups -OCH3 is 1. The van der Waals surface area contributed by atoms with E-state index >= 15 is 0 Å². The highest BCUT2D eigenvalue weighted by molar-refractivity contribution is 7.09. The summed E-state index contributed by atoms with van der Waals surface area (Å²) in [5.41, 5.74) is 2.39. The Hall–Kier alpha value is -2.18. The lowest BCUT2D eigenvalue weighted by molar-refractivity contribution is 0.126. The standard InChI is InChI=1S/C18H20N4OS/c1-13-20-15(12-24-13)9-22-11-18-19-6-7-21(18)10-17(22)14-4-3-5-16(8-14)23-2/h3-8,12,17H,9-11H2,1-2H3. The molecular weight excluding hydrogens is 320 g/mol. The van der Waals surface area contributed by atoms with E-state index in [4.69, 9.17) is 4.74 Å². The summed E-state index contributed by atoms with van der Waals surface area (Å²) in [5, 5.41) is 3.26. The van der Waals surface area contributed by atoms with Gasteiger partial charge in [-0.2, -0.15) is 0 Å². The molecule has 0 radical (unpaired) electrons. The summed E-state index contributed by atoms with van der Waals surface area (Å²) >= 11 is 1.70. The summed E-state index contributed by atoms with van der Waals surface area (Å²) in [5.74, 6) is 2.01. The molecule has 124 valence electrons. The number of ether oxygens (including phenoxy) is 1. The van der Waals surface area contributed by atoms with Crippen LogP contribution >= 0.6 is 11.3 Å². The molecule has 0 N–H and O–H groups in total. The molecule has 1 aromatic carbocycles. The Kier molecular flexibility index (Phi) is 4.08. The molecule has 6 heteroatoms. The Balaban J connectivity index is 1.67.